The zero-order valence-corrected chi connectivity index (χ0v) is 13.3. The van der Waals surface area contributed by atoms with Crippen LogP contribution in [0.4, 0.5) is 5.69 Å². The summed E-state index contributed by atoms with van der Waals surface area (Å²) >= 11 is 3.60. The molecule has 0 aliphatic rings. The molecule has 0 bridgehead atoms. The molecule has 102 valence electrons. The van der Waals surface area contributed by atoms with Gasteiger partial charge in [0.1, 0.15) is 0 Å². The molecule has 0 aromatic heterocycles. The van der Waals surface area contributed by atoms with Crippen molar-refractivity contribution >= 4 is 32.4 Å². The highest BCUT2D eigenvalue weighted by Gasteiger charge is 2.08. The number of anilines is 1. The van der Waals surface area contributed by atoms with Crippen LogP contribution in [0.2, 0.25) is 0 Å². The minimum atomic E-state index is 0.170. The summed E-state index contributed by atoms with van der Waals surface area (Å²) in [6, 6.07) is 12.7. The summed E-state index contributed by atoms with van der Waals surface area (Å²) in [5.74, 6) is 0. The Morgan fingerprint density at radius 1 is 0.947 bits per heavy atom. The first-order valence-electron chi connectivity index (χ1n) is 6.63. The molecule has 0 spiro atoms. The third-order valence-corrected chi connectivity index (χ3v) is 3.66. The van der Waals surface area contributed by atoms with E-state index < -0.39 is 0 Å². The lowest BCUT2D eigenvalue weighted by Gasteiger charge is -2.21. The Balaban J connectivity index is 2.07. The van der Waals surface area contributed by atoms with E-state index in [1.165, 1.54) is 16.5 Å². The summed E-state index contributed by atoms with van der Waals surface area (Å²) in [6.45, 7) is 8.42. The van der Waals surface area contributed by atoms with Crippen LogP contribution in [0.5, 0.6) is 0 Å². The molecule has 0 amide bonds. The number of benzene rings is 2. The highest BCUT2D eigenvalue weighted by molar-refractivity contribution is 9.10. The van der Waals surface area contributed by atoms with Crippen LogP contribution in [0.3, 0.4) is 0 Å². The predicted octanol–water partition coefficient (Wildman–Crippen LogP) is 4.40. The molecule has 0 aliphatic carbocycles. The number of hydrogen-bond acceptors (Lipinski definition) is 2. The molecule has 2 N–H and O–H groups in total. The topological polar surface area (TPSA) is 24.1 Å². The van der Waals surface area contributed by atoms with E-state index in [0.717, 1.165) is 17.6 Å². The first-order chi connectivity index (χ1) is 8.97. The monoisotopic (exact) mass is 320 g/mol. The molecule has 0 fully saturated rings. The fourth-order valence-corrected chi connectivity index (χ4v) is 2.53. The average Bonchev–Trinajstić information content (AvgIpc) is 2.36. The van der Waals surface area contributed by atoms with E-state index in [-0.39, 0.29) is 5.54 Å². The summed E-state index contributed by atoms with van der Waals surface area (Å²) in [5.41, 5.74) is 1.36. The van der Waals surface area contributed by atoms with Crippen molar-refractivity contribution in [3.8, 4) is 0 Å². The van der Waals surface area contributed by atoms with E-state index in [9.17, 15) is 0 Å². The van der Waals surface area contributed by atoms with Gasteiger partial charge in [0, 0.05) is 34.2 Å². The summed E-state index contributed by atoms with van der Waals surface area (Å²) in [7, 11) is 0. The Morgan fingerprint density at radius 3 is 2.32 bits per heavy atom. The molecule has 2 rings (SSSR count). The maximum absolute atomic E-state index is 3.60. The van der Waals surface area contributed by atoms with Gasteiger partial charge in [-0.05, 0) is 38.3 Å². The second-order valence-electron chi connectivity index (χ2n) is 5.74. The zero-order valence-electron chi connectivity index (χ0n) is 11.8. The third-order valence-electron chi connectivity index (χ3n) is 2.97. The Morgan fingerprint density at radius 2 is 1.63 bits per heavy atom. The number of hydrogen-bond donors (Lipinski definition) is 2. The molecule has 0 aliphatic heterocycles. The van der Waals surface area contributed by atoms with Crippen molar-refractivity contribution in [2.24, 2.45) is 0 Å². The standard InChI is InChI=1S/C16H21BrN2/c1-16(2,3)19-11-10-18-15-9-8-14(17)12-6-4-5-7-13(12)15/h4-9,18-19H,10-11H2,1-3H3. The van der Waals surface area contributed by atoms with Crippen LogP contribution in [0.1, 0.15) is 20.8 Å². The second kappa shape index (κ2) is 5.93. The van der Waals surface area contributed by atoms with Gasteiger partial charge in [-0.3, -0.25) is 0 Å². The molecular formula is C16H21BrN2. The first-order valence-corrected chi connectivity index (χ1v) is 7.43. The largest absolute Gasteiger partial charge is 0.383 e. The SMILES string of the molecule is CC(C)(C)NCCNc1ccc(Br)c2ccccc12. The van der Waals surface area contributed by atoms with Gasteiger partial charge in [-0.1, -0.05) is 40.2 Å². The van der Waals surface area contributed by atoms with E-state index >= 15 is 0 Å². The van der Waals surface area contributed by atoms with Gasteiger partial charge in [0.25, 0.3) is 0 Å². The molecule has 0 saturated carbocycles. The predicted molar refractivity (Wildman–Crippen MR) is 87.9 cm³/mol. The van der Waals surface area contributed by atoms with Gasteiger partial charge < -0.3 is 10.6 Å². The summed E-state index contributed by atoms with van der Waals surface area (Å²) in [6.07, 6.45) is 0. The van der Waals surface area contributed by atoms with Gasteiger partial charge in [-0.2, -0.15) is 0 Å². The second-order valence-corrected chi connectivity index (χ2v) is 6.60. The van der Waals surface area contributed by atoms with Crippen molar-refractivity contribution in [3.05, 3.63) is 40.9 Å². The van der Waals surface area contributed by atoms with Crippen molar-refractivity contribution in [1.82, 2.24) is 5.32 Å². The summed E-state index contributed by atoms with van der Waals surface area (Å²) in [4.78, 5) is 0. The van der Waals surface area contributed by atoms with Gasteiger partial charge in [-0.25, -0.2) is 0 Å². The van der Waals surface area contributed by atoms with Gasteiger partial charge in [-0.15, -0.1) is 0 Å². The minimum Gasteiger partial charge on any atom is -0.383 e. The number of rotatable bonds is 4. The molecule has 2 nitrogen and oxygen atoms in total. The van der Waals surface area contributed by atoms with E-state index in [2.05, 4.69) is 83.7 Å². The lowest BCUT2D eigenvalue weighted by Crippen LogP contribution is -2.38. The van der Waals surface area contributed by atoms with Crippen molar-refractivity contribution in [3.63, 3.8) is 0 Å². The van der Waals surface area contributed by atoms with E-state index in [1.54, 1.807) is 0 Å². The molecule has 0 saturated heterocycles. The maximum Gasteiger partial charge on any atom is 0.0421 e. The molecule has 2 aromatic carbocycles. The summed E-state index contributed by atoms with van der Waals surface area (Å²) in [5, 5.41) is 9.49. The van der Waals surface area contributed by atoms with Crippen LogP contribution in [0.15, 0.2) is 40.9 Å². The van der Waals surface area contributed by atoms with Gasteiger partial charge in [0.15, 0.2) is 0 Å². The van der Waals surface area contributed by atoms with Crippen molar-refractivity contribution < 1.29 is 0 Å². The Hall–Kier alpha value is -1.06. The first kappa shape index (κ1) is 14.4. The lowest BCUT2D eigenvalue weighted by atomic mass is 10.1. The Labute approximate surface area is 123 Å². The van der Waals surface area contributed by atoms with Crippen LogP contribution in [-0.4, -0.2) is 18.6 Å². The van der Waals surface area contributed by atoms with Crippen molar-refractivity contribution in [1.29, 1.82) is 0 Å². The van der Waals surface area contributed by atoms with Gasteiger partial charge in [0.05, 0.1) is 0 Å². The van der Waals surface area contributed by atoms with Crippen LogP contribution in [-0.2, 0) is 0 Å². The number of halogens is 1. The van der Waals surface area contributed by atoms with E-state index in [1.807, 2.05) is 0 Å². The third kappa shape index (κ3) is 3.95. The number of fused-ring (bicyclic) bond motifs is 1. The van der Waals surface area contributed by atoms with Crippen molar-refractivity contribution in [2.75, 3.05) is 18.4 Å². The highest BCUT2D eigenvalue weighted by atomic mass is 79.9. The minimum absolute atomic E-state index is 0.170. The summed E-state index contributed by atoms with van der Waals surface area (Å²) < 4.78 is 1.14. The van der Waals surface area contributed by atoms with Crippen LogP contribution in [0.25, 0.3) is 10.8 Å². The van der Waals surface area contributed by atoms with Crippen LogP contribution < -0.4 is 10.6 Å². The van der Waals surface area contributed by atoms with Crippen molar-refractivity contribution in [2.45, 2.75) is 26.3 Å². The van der Waals surface area contributed by atoms with Gasteiger partial charge in [0.2, 0.25) is 0 Å². The molecule has 0 atom stereocenters. The van der Waals surface area contributed by atoms with Crippen LogP contribution >= 0.6 is 15.9 Å². The molecule has 19 heavy (non-hydrogen) atoms. The fourth-order valence-electron chi connectivity index (χ4n) is 2.05. The Kier molecular flexibility index (Phi) is 4.48. The molecule has 0 heterocycles. The normalized spacial score (nSPS) is 11.8. The lowest BCUT2D eigenvalue weighted by molar-refractivity contribution is 0.435. The molecule has 3 heteroatoms. The Bertz CT molecular complexity index is 558. The van der Waals surface area contributed by atoms with E-state index in [4.69, 9.17) is 0 Å². The molecule has 0 unspecified atom stereocenters. The van der Waals surface area contributed by atoms with E-state index in [0.29, 0.717) is 0 Å². The smallest absolute Gasteiger partial charge is 0.0421 e. The number of nitrogens with one attached hydrogen (secondary N) is 2. The zero-order chi connectivity index (χ0) is 13.9. The fraction of sp³-hybridized carbons (Fsp3) is 0.375. The maximum atomic E-state index is 3.60. The molecule has 2 aromatic rings. The highest BCUT2D eigenvalue weighted by Crippen LogP contribution is 2.29. The average molecular weight is 321 g/mol. The van der Waals surface area contributed by atoms with Crippen LogP contribution in [0, 0.1) is 0 Å². The quantitative estimate of drug-likeness (QED) is 0.816. The molecule has 0 radical (unpaired) electrons. The van der Waals surface area contributed by atoms with Gasteiger partial charge >= 0.3 is 0 Å². The molecular weight excluding hydrogens is 300 g/mol.